The van der Waals surface area contributed by atoms with E-state index in [9.17, 15) is 13.2 Å². The van der Waals surface area contributed by atoms with Crippen molar-refractivity contribution in [1.82, 2.24) is 5.32 Å². The Balaban J connectivity index is 1.71. The minimum absolute atomic E-state index is 0.128. The molecule has 7 heteroatoms. The van der Waals surface area contributed by atoms with Gasteiger partial charge in [-0.2, -0.15) is 0 Å². The van der Waals surface area contributed by atoms with E-state index >= 15 is 0 Å². The van der Waals surface area contributed by atoms with E-state index in [0.29, 0.717) is 16.3 Å². The molecule has 0 heterocycles. The van der Waals surface area contributed by atoms with Gasteiger partial charge in [0.15, 0.2) is 0 Å². The van der Waals surface area contributed by atoms with Crippen molar-refractivity contribution in [2.24, 2.45) is 0 Å². The number of nitrogens with one attached hydrogen (secondary N) is 1. The van der Waals surface area contributed by atoms with E-state index in [-0.39, 0.29) is 18.5 Å². The van der Waals surface area contributed by atoms with E-state index in [4.69, 9.17) is 11.6 Å². The summed E-state index contributed by atoms with van der Waals surface area (Å²) >= 11 is 6.03. The summed E-state index contributed by atoms with van der Waals surface area (Å²) in [7, 11) is -3.52. The van der Waals surface area contributed by atoms with Crippen molar-refractivity contribution in [2.75, 3.05) is 10.6 Å². The fourth-order valence-corrected chi connectivity index (χ4v) is 4.43. The number of hydrogen-bond acceptors (Lipinski definition) is 3. The summed E-state index contributed by atoms with van der Waals surface area (Å²) in [5.41, 5.74) is 4.06. The molecular formula is C25H27ClN2O3S. The van der Waals surface area contributed by atoms with E-state index in [0.717, 1.165) is 23.8 Å². The zero-order valence-electron chi connectivity index (χ0n) is 18.4. The van der Waals surface area contributed by atoms with Crippen LogP contribution in [0, 0.1) is 0 Å². The van der Waals surface area contributed by atoms with E-state index in [1.165, 1.54) is 9.87 Å². The Morgan fingerprint density at radius 1 is 1.00 bits per heavy atom. The Hall–Kier alpha value is -2.83. The first-order valence-corrected chi connectivity index (χ1v) is 12.6. The highest BCUT2D eigenvalue weighted by Crippen LogP contribution is 2.24. The van der Waals surface area contributed by atoms with Crippen molar-refractivity contribution in [1.29, 1.82) is 0 Å². The topological polar surface area (TPSA) is 66.5 Å². The van der Waals surface area contributed by atoms with E-state index < -0.39 is 10.0 Å². The fraction of sp³-hybridized carbons (Fsp3) is 0.240. The lowest BCUT2D eigenvalue weighted by Crippen LogP contribution is -2.29. The number of aryl methyl sites for hydroxylation is 1. The summed E-state index contributed by atoms with van der Waals surface area (Å²) in [6.07, 6.45) is 2.13. The van der Waals surface area contributed by atoms with Crippen LogP contribution in [0.4, 0.5) is 5.69 Å². The van der Waals surface area contributed by atoms with Gasteiger partial charge in [-0.15, -0.1) is 0 Å². The molecule has 0 bridgehead atoms. The predicted octanol–water partition coefficient (Wildman–Crippen LogP) is 5.36. The molecular weight excluding hydrogens is 444 g/mol. The van der Waals surface area contributed by atoms with Gasteiger partial charge in [-0.25, -0.2) is 8.42 Å². The number of carbonyl (C=O) groups excluding carboxylic acids is 1. The summed E-state index contributed by atoms with van der Waals surface area (Å²) in [5, 5.41) is 3.47. The third-order valence-electron chi connectivity index (χ3n) is 5.27. The Labute approximate surface area is 195 Å². The second-order valence-corrected chi connectivity index (χ2v) is 10.1. The molecule has 1 N–H and O–H groups in total. The molecule has 0 aliphatic rings. The number of halogens is 1. The van der Waals surface area contributed by atoms with E-state index in [2.05, 4.69) is 24.4 Å². The van der Waals surface area contributed by atoms with Crippen LogP contribution in [0.3, 0.4) is 0 Å². The third-order valence-corrected chi connectivity index (χ3v) is 6.65. The van der Waals surface area contributed by atoms with Gasteiger partial charge in [-0.1, -0.05) is 61.0 Å². The van der Waals surface area contributed by atoms with E-state index in [1.807, 2.05) is 19.1 Å². The molecule has 0 radical (unpaired) electrons. The number of amides is 1. The molecule has 1 amide bonds. The van der Waals surface area contributed by atoms with Crippen molar-refractivity contribution in [2.45, 2.75) is 32.9 Å². The van der Waals surface area contributed by atoms with Gasteiger partial charge in [-0.05, 0) is 60.4 Å². The quantitative estimate of drug-likeness (QED) is 0.482. The zero-order chi connectivity index (χ0) is 23.3. The van der Waals surface area contributed by atoms with Crippen LogP contribution in [0.2, 0.25) is 5.02 Å². The average Bonchev–Trinajstić information content (AvgIpc) is 2.77. The number of anilines is 1. The standard InChI is InChI=1S/C25H27ClN2O3S/c1-4-19-8-12-21(13-9-19)18(2)27-25(29)22-14-10-20(11-15-22)17-28(32(3,30)31)24-7-5-6-23(26)16-24/h5-16,18H,4,17H2,1-3H3,(H,27,29)/t18-/m0/s1. The van der Waals surface area contributed by atoms with Crippen molar-refractivity contribution < 1.29 is 13.2 Å². The van der Waals surface area contributed by atoms with Gasteiger partial charge < -0.3 is 5.32 Å². The van der Waals surface area contributed by atoms with Crippen LogP contribution in [-0.2, 0) is 23.0 Å². The highest BCUT2D eigenvalue weighted by atomic mass is 35.5. The molecule has 0 aliphatic heterocycles. The molecule has 0 fully saturated rings. The third kappa shape index (κ3) is 6.11. The lowest BCUT2D eigenvalue weighted by molar-refractivity contribution is 0.0940. The maximum Gasteiger partial charge on any atom is 0.251 e. The molecule has 32 heavy (non-hydrogen) atoms. The Bertz CT molecular complexity index is 1180. The highest BCUT2D eigenvalue weighted by molar-refractivity contribution is 7.92. The van der Waals surface area contributed by atoms with Gasteiger partial charge in [0.1, 0.15) is 0 Å². The summed E-state index contributed by atoms with van der Waals surface area (Å²) in [5.74, 6) is -0.182. The van der Waals surface area contributed by atoms with Gasteiger partial charge in [0.25, 0.3) is 5.91 Å². The number of sulfonamides is 1. The Morgan fingerprint density at radius 3 is 2.19 bits per heavy atom. The minimum Gasteiger partial charge on any atom is -0.346 e. The summed E-state index contributed by atoms with van der Waals surface area (Å²) < 4.78 is 26.0. The molecule has 168 valence electrons. The van der Waals surface area contributed by atoms with Crippen LogP contribution in [-0.4, -0.2) is 20.6 Å². The molecule has 1 atom stereocenters. The molecule has 0 unspecified atom stereocenters. The maximum atomic E-state index is 12.7. The van der Waals surface area contributed by atoms with E-state index in [1.54, 1.807) is 48.5 Å². The maximum absolute atomic E-state index is 12.7. The molecule has 0 saturated heterocycles. The van der Waals surface area contributed by atoms with Gasteiger partial charge in [0, 0.05) is 10.6 Å². The van der Waals surface area contributed by atoms with Crippen LogP contribution in [0.1, 0.15) is 46.9 Å². The largest absolute Gasteiger partial charge is 0.346 e. The normalized spacial score (nSPS) is 12.2. The second-order valence-electron chi connectivity index (χ2n) is 7.74. The number of nitrogens with zero attached hydrogens (tertiary/aromatic N) is 1. The van der Waals surface area contributed by atoms with Gasteiger partial charge in [0.05, 0.1) is 24.5 Å². The SMILES string of the molecule is CCc1ccc([C@H](C)NC(=O)c2ccc(CN(c3cccc(Cl)c3)S(C)(=O)=O)cc2)cc1. The first kappa shape index (κ1) is 23.8. The predicted molar refractivity (Wildman–Crippen MR) is 131 cm³/mol. The summed E-state index contributed by atoms with van der Waals surface area (Å²) in [4.78, 5) is 12.7. The number of carbonyl (C=O) groups is 1. The monoisotopic (exact) mass is 470 g/mol. The smallest absolute Gasteiger partial charge is 0.251 e. The van der Waals surface area contributed by atoms with Crippen molar-refractivity contribution in [3.8, 4) is 0 Å². The molecule has 3 aromatic carbocycles. The minimum atomic E-state index is -3.52. The molecule has 0 saturated carbocycles. The number of hydrogen-bond donors (Lipinski definition) is 1. The van der Waals surface area contributed by atoms with Crippen LogP contribution < -0.4 is 9.62 Å². The molecule has 0 spiro atoms. The zero-order valence-corrected chi connectivity index (χ0v) is 20.0. The first-order chi connectivity index (χ1) is 15.2. The van der Waals surface area contributed by atoms with Gasteiger partial charge in [-0.3, -0.25) is 9.10 Å². The fourth-order valence-electron chi connectivity index (χ4n) is 3.36. The molecule has 0 aliphatic carbocycles. The van der Waals surface area contributed by atoms with Gasteiger partial charge in [0.2, 0.25) is 10.0 Å². The lowest BCUT2D eigenvalue weighted by atomic mass is 10.0. The van der Waals surface area contributed by atoms with Crippen molar-refractivity contribution in [3.05, 3.63) is 100 Å². The molecule has 5 nitrogen and oxygen atoms in total. The second kappa shape index (κ2) is 10.2. The number of rotatable bonds is 8. The summed E-state index contributed by atoms with van der Waals surface area (Å²) in [6.45, 7) is 4.19. The highest BCUT2D eigenvalue weighted by Gasteiger charge is 2.19. The lowest BCUT2D eigenvalue weighted by Gasteiger charge is -2.23. The molecule has 3 aromatic rings. The van der Waals surface area contributed by atoms with Crippen LogP contribution >= 0.6 is 11.6 Å². The van der Waals surface area contributed by atoms with Crippen LogP contribution in [0.5, 0.6) is 0 Å². The molecule has 0 aromatic heterocycles. The van der Waals surface area contributed by atoms with Crippen LogP contribution in [0.25, 0.3) is 0 Å². The van der Waals surface area contributed by atoms with Crippen LogP contribution in [0.15, 0.2) is 72.8 Å². The van der Waals surface area contributed by atoms with Crippen molar-refractivity contribution >= 4 is 33.2 Å². The Kier molecular flexibility index (Phi) is 7.59. The van der Waals surface area contributed by atoms with Crippen molar-refractivity contribution in [3.63, 3.8) is 0 Å². The Morgan fingerprint density at radius 2 is 1.62 bits per heavy atom. The number of benzene rings is 3. The van der Waals surface area contributed by atoms with Gasteiger partial charge >= 0.3 is 0 Å². The average molecular weight is 471 g/mol. The first-order valence-electron chi connectivity index (χ1n) is 10.4. The summed E-state index contributed by atoms with van der Waals surface area (Å²) in [6, 6.07) is 21.7. The molecule has 3 rings (SSSR count).